The molecule has 87 heavy (non-hydrogen) atoms. The Morgan fingerprint density at radius 3 is 1.07 bits per heavy atom. The molecule has 0 aliphatic rings. The molecule has 0 radical (unpaired) electrons. The number of anilines is 11. The lowest BCUT2D eigenvalue weighted by molar-refractivity contribution is 0.101. The Balaban J connectivity index is 0.000000203. The summed E-state index contributed by atoms with van der Waals surface area (Å²) in [6, 6.07) is 50.9. The fourth-order valence-corrected chi connectivity index (χ4v) is 10.2. The van der Waals surface area contributed by atoms with Gasteiger partial charge in [0, 0.05) is 73.4 Å². The van der Waals surface area contributed by atoms with E-state index in [4.69, 9.17) is 44.7 Å². The Morgan fingerprint density at radius 2 is 0.644 bits per heavy atom. The SMILES string of the molecule is Cc1ccc(-c2ccc(N)cc2S(=O)(=O)O)c(S(=O)(=O)O)c1.Cc1ccc(NC(=O)c2ccc(N)cc2)cc1.Cc1ccc(Nc2ccc(N)cc2)c(S(=O)(=O)O)c1.Nc1ccc(C(=O)Nc2ccc(S(=O)(=O)O)c(N)c2)cc1.Nc1ccc(N)cc1. The maximum atomic E-state index is 12.0. The van der Waals surface area contributed by atoms with Gasteiger partial charge in [0.1, 0.15) is 19.6 Å². The summed E-state index contributed by atoms with van der Waals surface area (Å²) < 4.78 is 128. The number of carbonyl (C=O) groups excluding carboxylic acids is 2. The fourth-order valence-electron chi connectivity index (χ4n) is 7.38. The van der Waals surface area contributed by atoms with Gasteiger partial charge in [-0.3, -0.25) is 27.8 Å². The van der Waals surface area contributed by atoms with Crippen molar-refractivity contribution in [3.63, 3.8) is 0 Å². The second-order valence-electron chi connectivity index (χ2n) is 18.8. The lowest BCUT2D eigenvalue weighted by Crippen LogP contribution is -2.12. The first-order chi connectivity index (χ1) is 40.6. The van der Waals surface area contributed by atoms with Gasteiger partial charge < -0.3 is 56.1 Å². The summed E-state index contributed by atoms with van der Waals surface area (Å²) in [5, 5.41) is 8.32. The Bertz CT molecular complexity index is 4270. The standard InChI is InChI=1S/C14H14N2O.C13H13N3O4S.C13H14N2O3S.C13H13NO6S2.C6H8N2/c1-10-2-8-13(9-3-10)16-14(17)11-4-6-12(15)7-5-11;14-9-3-1-8(2-4-9)13(17)16-10-5-6-12(11(15)7-10)21(18,19)20;1-9-2-7-12(13(8-9)19(16,17)18)15-11-5-3-10(14)4-6-11;1-8-2-4-10(12(6-8)21(15,16)17)11-5-3-9(14)7-13(11)22(18,19)20;7-5-1-2-6(8)4-3-5/h2-9H,15H2,1H3,(H,16,17);1-7H,14-15H2,(H,16,17)(H,18,19,20);2-8,15H,14H2,1H3,(H,16,17,18);2-7H,14H2,1H3,(H,15,16,17)(H,18,19,20);1-4H,7-8H2. The van der Waals surface area contributed by atoms with Gasteiger partial charge >= 0.3 is 0 Å². The minimum Gasteiger partial charge on any atom is -0.399 e. The third kappa shape index (κ3) is 21.2. The number of rotatable bonds is 11. The van der Waals surface area contributed by atoms with E-state index in [0.717, 1.165) is 40.3 Å². The van der Waals surface area contributed by atoms with Gasteiger partial charge in [-0.25, -0.2) is 0 Å². The number of nitrogens with one attached hydrogen (secondary N) is 3. The summed E-state index contributed by atoms with van der Waals surface area (Å²) in [5.74, 6) is -0.525. The highest BCUT2D eigenvalue weighted by Gasteiger charge is 2.24. The van der Waals surface area contributed by atoms with Crippen LogP contribution >= 0.6 is 0 Å². The maximum absolute atomic E-state index is 12.0. The van der Waals surface area contributed by atoms with Crippen molar-refractivity contribution in [2.45, 2.75) is 40.4 Å². The zero-order valence-corrected chi connectivity index (χ0v) is 49.8. The van der Waals surface area contributed by atoms with Crippen LogP contribution in [0.1, 0.15) is 37.4 Å². The van der Waals surface area contributed by atoms with Crippen LogP contribution in [0.5, 0.6) is 0 Å². The molecule has 0 heterocycles. The molecule has 0 saturated carbocycles. The van der Waals surface area contributed by atoms with Crippen molar-refractivity contribution in [3.8, 4) is 11.1 Å². The Kier molecular flexibility index (Phi) is 22.7. The molecule has 9 aromatic rings. The molecular formula is C59H62N10O14S4. The molecule has 21 N–H and O–H groups in total. The molecule has 0 aliphatic carbocycles. The topological polar surface area (TPSA) is 470 Å². The summed E-state index contributed by atoms with van der Waals surface area (Å²) in [6.45, 7) is 5.37. The summed E-state index contributed by atoms with van der Waals surface area (Å²) in [5.41, 5.74) is 47.1. The molecule has 0 atom stereocenters. The predicted octanol–water partition coefficient (Wildman–Crippen LogP) is 9.34. The third-order valence-electron chi connectivity index (χ3n) is 11.7. The molecule has 0 aromatic heterocycles. The first kappa shape index (κ1) is 67.7. The van der Waals surface area contributed by atoms with Crippen LogP contribution in [-0.2, 0) is 40.5 Å². The zero-order valence-electron chi connectivity index (χ0n) is 46.5. The molecular weight excluding hydrogens is 1200 g/mol. The molecule has 456 valence electrons. The fraction of sp³-hybridized carbons (Fsp3) is 0.0508. The minimum absolute atomic E-state index is 0.0549. The van der Waals surface area contributed by atoms with Crippen LogP contribution in [0, 0.1) is 20.8 Å². The number of nitrogen functional groups attached to an aromatic ring is 7. The molecule has 2 amide bonds. The molecule has 0 saturated heterocycles. The monoisotopic (exact) mass is 1260 g/mol. The average molecular weight is 1260 g/mol. The van der Waals surface area contributed by atoms with Gasteiger partial charge in [-0.15, -0.1) is 0 Å². The van der Waals surface area contributed by atoms with E-state index in [9.17, 15) is 56.9 Å². The molecule has 0 spiro atoms. The van der Waals surface area contributed by atoms with Crippen molar-refractivity contribution in [1.82, 2.24) is 0 Å². The van der Waals surface area contributed by atoms with E-state index in [1.807, 2.05) is 31.2 Å². The van der Waals surface area contributed by atoms with Gasteiger partial charge in [0.05, 0.1) is 11.4 Å². The number of aryl methyl sites for hydroxylation is 3. The Morgan fingerprint density at radius 1 is 0.322 bits per heavy atom. The third-order valence-corrected chi connectivity index (χ3v) is 15.3. The minimum atomic E-state index is -4.63. The smallest absolute Gasteiger partial charge is 0.296 e. The Hall–Kier alpha value is -10.0. The average Bonchev–Trinajstić information content (AvgIpc) is 1.46. The molecule has 9 rings (SSSR count). The largest absolute Gasteiger partial charge is 0.399 e. The van der Waals surface area contributed by atoms with Crippen molar-refractivity contribution < 1.29 is 61.5 Å². The van der Waals surface area contributed by atoms with Gasteiger partial charge in [-0.1, -0.05) is 42.0 Å². The molecule has 0 fully saturated rings. The van der Waals surface area contributed by atoms with Gasteiger partial charge in [0.15, 0.2) is 0 Å². The van der Waals surface area contributed by atoms with Crippen molar-refractivity contribution >= 4 is 115 Å². The number of hydrogen-bond donors (Lipinski definition) is 14. The van der Waals surface area contributed by atoms with E-state index in [1.54, 1.807) is 129 Å². The first-order valence-corrected chi connectivity index (χ1v) is 30.9. The second-order valence-corrected chi connectivity index (χ2v) is 24.4. The van der Waals surface area contributed by atoms with E-state index < -0.39 is 61.1 Å². The zero-order chi connectivity index (χ0) is 64.6. The first-order valence-electron chi connectivity index (χ1n) is 25.1. The van der Waals surface area contributed by atoms with Crippen molar-refractivity contribution in [1.29, 1.82) is 0 Å². The van der Waals surface area contributed by atoms with Crippen LogP contribution < -0.4 is 56.1 Å². The lowest BCUT2D eigenvalue weighted by atomic mass is 10.0. The molecule has 0 bridgehead atoms. The summed E-state index contributed by atoms with van der Waals surface area (Å²) in [7, 11) is -17.9. The predicted molar refractivity (Wildman–Crippen MR) is 341 cm³/mol. The van der Waals surface area contributed by atoms with Crippen LogP contribution in [0.3, 0.4) is 0 Å². The van der Waals surface area contributed by atoms with Gasteiger partial charge in [0.2, 0.25) is 0 Å². The number of carbonyl (C=O) groups is 2. The summed E-state index contributed by atoms with van der Waals surface area (Å²) >= 11 is 0. The van der Waals surface area contributed by atoms with E-state index in [0.29, 0.717) is 50.8 Å². The highest BCUT2D eigenvalue weighted by Crippen LogP contribution is 2.34. The lowest BCUT2D eigenvalue weighted by Gasteiger charge is -2.12. The molecule has 0 aliphatic heterocycles. The number of benzene rings is 9. The van der Waals surface area contributed by atoms with Crippen LogP contribution in [0.4, 0.5) is 62.6 Å². The van der Waals surface area contributed by atoms with Crippen molar-refractivity contribution in [3.05, 3.63) is 222 Å². The quantitative estimate of drug-likeness (QED) is 0.0423. The van der Waals surface area contributed by atoms with Crippen LogP contribution in [-0.4, -0.2) is 63.7 Å². The normalized spacial score (nSPS) is 11.0. The highest BCUT2D eigenvalue weighted by molar-refractivity contribution is 7.86. The van der Waals surface area contributed by atoms with Crippen LogP contribution in [0.15, 0.2) is 214 Å². The van der Waals surface area contributed by atoms with E-state index in [2.05, 4.69) is 16.0 Å². The van der Waals surface area contributed by atoms with E-state index in [1.165, 1.54) is 42.5 Å². The molecule has 24 nitrogen and oxygen atoms in total. The Labute approximate surface area is 503 Å². The van der Waals surface area contributed by atoms with Crippen LogP contribution in [0.2, 0.25) is 0 Å². The molecule has 9 aromatic carbocycles. The second kappa shape index (κ2) is 29.2. The molecule has 0 unspecified atom stereocenters. The van der Waals surface area contributed by atoms with Crippen molar-refractivity contribution in [2.75, 3.05) is 56.1 Å². The van der Waals surface area contributed by atoms with Gasteiger partial charge in [-0.2, -0.15) is 33.7 Å². The van der Waals surface area contributed by atoms with Gasteiger partial charge in [-0.05, 0) is 190 Å². The maximum Gasteiger partial charge on any atom is 0.296 e. The van der Waals surface area contributed by atoms with E-state index >= 15 is 0 Å². The van der Waals surface area contributed by atoms with E-state index in [-0.39, 0.29) is 33.3 Å². The number of nitrogens with two attached hydrogens (primary N) is 7. The number of hydrogen-bond acceptors (Lipinski definition) is 18. The van der Waals surface area contributed by atoms with Crippen LogP contribution in [0.25, 0.3) is 11.1 Å². The highest BCUT2D eigenvalue weighted by atomic mass is 32.2. The van der Waals surface area contributed by atoms with Crippen molar-refractivity contribution in [2.24, 2.45) is 0 Å². The van der Waals surface area contributed by atoms with Gasteiger partial charge in [0.25, 0.3) is 52.3 Å². The number of amides is 2. The summed E-state index contributed by atoms with van der Waals surface area (Å²) in [4.78, 5) is 22.3. The molecule has 28 heteroatoms. The summed E-state index contributed by atoms with van der Waals surface area (Å²) in [6.07, 6.45) is 0.